The third kappa shape index (κ3) is 1.40. The maximum Gasteiger partial charge on any atom is 0.338 e. The Morgan fingerprint density at radius 1 is 1.82 bits per heavy atom. The number of aldehydes is 1. The molecule has 0 aromatic heterocycles. The van der Waals surface area contributed by atoms with E-state index in [0.29, 0.717) is 12.9 Å². The Kier molecular flexibility index (Phi) is 1.95. The van der Waals surface area contributed by atoms with Crippen LogP contribution in [0.15, 0.2) is 0 Å². The second-order valence-corrected chi connectivity index (χ2v) is 2.55. The fourth-order valence-electron chi connectivity index (χ4n) is 0.810. The normalized spacial score (nSPS) is 34.5. The van der Waals surface area contributed by atoms with Crippen LogP contribution in [0.3, 0.4) is 0 Å². The molecule has 1 aliphatic rings. The number of ether oxygens (including phenoxy) is 2. The van der Waals surface area contributed by atoms with Gasteiger partial charge in [-0.1, -0.05) is 0 Å². The van der Waals surface area contributed by atoms with Crippen LogP contribution < -0.4 is 0 Å². The van der Waals surface area contributed by atoms with Crippen molar-refractivity contribution in [2.45, 2.75) is 25.6 Å². The number of esters is 1. The lowest BCUT2D eigenvalue weighted by atomic mass is 10.1. The summed E-state index contributed by atoms with van der Waals surface area (Å²) < 4.78 is 9.47. The number of rotatable bonds is 3. The zero-order chi connectivity index (χ0) is 8.48. The van der Waals surface area contributed by atoms with Crippen LogP contribution in [-0.2, 0) is 19.1 Å². The quantitative estimate of drug-likeness (QED) is 0.327. The SMILES string of the molecule is CCOC(=O)C1OC1(C)C=O. The van der Waals surface area contributed by atoms with E-state index in [1.165, 1.54) is 0 Å². The van der Waals surface area contributed by atoms with Crippen molar-refractivity contribution in [1.29, 1.82) is 0 Å². The lowest BCUT2D eigenvalue weighted by Crippen LogP contribution is -2.20. The molecule has 1 heterocycles. The molecular weight excluding hydrogens is 148 g/mol. The summed E-state index contributed by atoms with van der Waals surface area (Å²) in [5, 5.41) is 0. The lowest BCUT2D eigenvalue weighted by molar-refractivity contribution is -0.144. The van der Waals surface area contributed by atoms with E-state index in [9.17, 15) is 9.59 Å². The fourth-order valence-corrected chi connectivity index (χ4v) is 0.810. The summed E-state index contributed by atoms with van der Waals surface area (Å²) in [7, 11) is 0. The molecule has 0 saturated carbocycles. The van der Waals surface area contributed by atoms with Crippen molar-refractivity contribution >= 4 is 12.3 Å². The maximum absolute atomic E-state index is 10.9. The van der Waals surface area contributed by atoms with Crippen LogP contribution in [0.25, 0.3) is 0 Å². The van der Waals surface area contributed by atoms with E-state index < -0.39 is 17.7 Å². The molecule has 0 spiro atoms. The first kappa shape index (κ1) is 8.20. The van der Waals surface area contributed by atoms with E-state index in [-0.39, 0.29) is 0 Å². The van der Waals surface area contributed by atoms with E-state index in [0.717, 1.165) is 0 Å². The minimum absolute atomic E-state index is 0.313. The van der Waals surface area contributed by atoms with Crippen LogP contribution in [0.5, 0.6) is 0 Å². The first-order chi connectivity index (χ1) is 5.14. The topological polar surface area (TPSA) is 55.9 Å². The van der Waals surface area contributed by atoms with Gasteiger partial charge < -0.3 is 14.3 Å². The Morgan fingerprint density at radius 3 is 2.82 bits per heavy atom. The van der Waals surface area contributed by atoms with Gasteiger partial charge in [0.15, 0.2) is 18.0 Å². The summed E-state index contributed by atoms with van der Waals surface area (Å²) in [6, 6.07) is 0. The highest BCUT2D eigenvalue weighted by atomic mass is 16.7. The van der Waals surface area contributed by atoms with Crippen LogP contribution in [0.1, 0.15) is 13.8 Å². The molecule has 0 amide bonds. The average Bonchev–Trinajstić information content (AvgIpc) is 2.65. The van der Waals surface area contributed by atoms with Gasteiger partial charge in [-0.05, 0) is 13.8 Å². The van der Waals surface area contributed by atoms with Gasteiger partial charge in [0.25, 0.3) is 0 Å². The van der Waals surface area contributed by atoms with Crippen molar-refractivity contribution in [2.75, 3.05) is 6.61 Å². The standard InChI is InChI=1S/C7H10O4/c1-3-10-6(9)5-7(2,4-8)11-5/h4-5H,3H2,1-2H3. The predicted molar refractivity (Wildman–Crippen MR) is 36.0 cm³/mol. The van der Waals surface area contributed by atoms with Crippen molar-refractivity contribution < 1.29 is 19.1 Å². The number of hydrogen-bond acceptors (Lipinski definition) is 4. The molecule has 0 radical (unpaired) electrons. The molecule has 0 aromatic rings. The molecule has 2 atom stereocenters. The Balaban J connectivity index is 2.42. The monoisotopic (exact) mass is 158 g/mol. The van der Waals surface area contributed by atoms with Crippen molar-refractivity contribution in [1.82, 2.24) is 0 Å². The Morgan fingerprint density at radius 2 is 2.45 bits per heavy atom. The van der Waals surface area contributed by atoms with Crippen LogP contribution in [-0.4, -0.2) is 30.6 Å². The molecule has 1 fully saturated rings. The van der Waals surface area contributed by atoms with Gasteiger partial charge in [-0.25, -0.2) is 4.79 Å². The van der Waals surface area contributed by atoms with Crippen molar-refractivity contribution in [3.8, 4) is 0 Å². The minimum Gasteiger partial charge on any atom is -0.464 e. The molecule has 11 heavy (non-hydrogen) atoms. The van der Waals surface area contributed by atoms with E-state index in [4.69, 9.17) is 4.74 Å². The predicted octanol–water partition coefficient (Wildman–Crippen LogP) is -0.0941. The second-order valence-electron chi connectivity index (χ2n) is 2.55. The summed E-state index contributed by atoms with van der Waals surface area (Å²) in [6.07, 6.45) is -0.0610. The number of carbonyl (C=O) groups excluding carboxylic acids is 2. The lowest BCUT2D eigenvalue weighted by Gasteiger charge is -1.96. The summed E-state index contributed by atoms with van der Waals surface area (Å²) >= 11 is 0. The first-order valence-electron chi connectivity index (χ1n) is 3.45. The summed E-state index contributed by atoms with van der Waals surface area (Å²) in [5.41, 5.74) is -0.924. The van der Waals surface area contributed by atoms with Gasteiger partial charge in [0.1, 0.15) is 0 Å². The molecule has 1 rings (SSSR count). The molecule has 1 saturated heterocycles. The highest BCUT2D eigenvalue weighted by molar-refractivity contribution is 5.87. The number of epoxide rings is 1. The highest BCUT2D eigenvalue weighted by Gasteiger charge is 2.58. The van der Waals surface area contributed by atoms with Gasteiger partial charge in [-0.3, -0.25) is 0 Å². The fraction of sp³-hybridized carbons (Fsp3) is 0.714. The zero-order valence-electron chi connectivity index (χ0n) is 6.49. The Hall–Kier alpha value is -0.900. The third-order valence-electron chi connectivity index (χ3n) is 1.57. The molecule has 2 unspecified atom stereocenters. The van der Waals surface area contributed by atoms with E-state index in [2.05, 4.69) is 4.74 Å². The average molecular weight is 158 g/mol. The number of carbonyl (C=O) groups is 2. The highest BCUT2D eigenvalue weighted by Crippen LogP contribution is 2.34. The summed E-state index contributed by atoms with van der Waals surface area (Å²) in [4.78, 5) is 21.1. The molecule has 62 valence electrons. The smallest absolute Gasteiger partial charge is 0.338 e. The van der Waals surface area contributed by atoms with Gasteiger partial charge in [0, 0.05) is 0 Å². The molecule has 4 heteroatoms. The van der Waals surface area contributed by atoms with Gasteiger partial charge >= 0.3 is 5.97 Å². The van der Waals surface area contributed by atoms with Crippen LogP contribution in [0.2, 0.25) is 0 Å². The molecular formula is C7H10O4. The second kappa shape index (κ2) is 2.62. The summed E-state index contributed by atoms with van der Waals surface area (Å²) in [5.74, 6) is -0.456. The minimum atomic E-state index is -0.924. The summed E-state index contributed by atoms with van der Waals surface area (Å²) in [6.45, 7) is 3.58. The van der Waals surface area contributed by atoms with Crippen LogP contribution in [0.4, 0.5) is 0 Å². The molecule has 0 N–H and O–H groups in total. The zero-order valence-corrected chi connectivity index (χ0v) is 6.49. The third-order valence-corrected chi connectivity index (χ3v) is 1.57. The van der Waals surface area contributed by atoms with Gasteiger partial charge in [0.2, 0.25) is 0 Å². The Bertz CT molecular complexity index is 189. The van der Waals surface area contributed by atoms with Crippen LogP contribution >= 0.6 is 0 Å². The van der Waals surface area contributed by atoms with E-state index in [1.807, 2.05) is 0 Å². The molecule has 1 aliphatic heterocycles. The van der Waals surface area contributed by atoms with Crippen molar-refractivity contribution in [3.05, 3.63) is 0 Å². The van der Waals surface area contributed by atoms with Gasteiger partial charge in [0.05, 0.1) is 6.61 Å². The maximum atomic E-state index is 10.9. The van der Waals surface area contributed by atoms with Gasteiger partial charge in [-0.2, -0.15) is 0 Å². The van der Waals surface area contributed by atoms with E-state index >= 15 is 0 Å². The van der Waals surface area contributed by atoms with Crippen LogP contribution in [0, 0.1) is 0 Å². The largest absolute Gasteiger partial charge is 0.464 e. The Labute approximate surface area is 64.5 Å². The molecule has 0 aliphatic carbocycles. The molecule has 4 nitrogen and oxygen atoms in total. The van der Waals surface area contributed by atoms with Crippen molar-refractivity contribution in [2.24, 2.45) is 0 Å². The molecule has 0 bridgehead atoms. The molecule has 0 aromatic carbocycles. The van der Waals surface area contributed by atoms with Crippen molar-refractivity contribution in [3.63, 3.8) is 0 Å². The van der Waals surface area contributed by atoms with Gasteiger partial charge in [-0.15, -0.1) is 0 Å². The van der Waals surface area contributed by atoms with E-state index in [1.54, 1.807) is 13.8 Å². The number of hydrogen-bond donors (Lipinski definition) is 0. The first-order valence-corrected chi connectivity index (χ1v) is 3.45.